The van der Waals surface area contributed by atoms with Gasteiger partial charge in [-0.15, -0.1) is 0 Å². The molecule has 3 N–H and O–H groups in total. The summed E-state index contributed by atoms with van der Waals surface area (Å²) in [5.41, 5.74) is 6.17. The third-order valence-electron chi connectivity index (χ3n) is 3.47. The molecular weight excluding hydrogens is 268 g/mol. The van der Waals surface area contributed by atoms with Gasteiger partial charge < -0.3 is 20.7 Å². The molecule has 1 aliphatic heterocycles. The Balaban J connectivity index is 1.77. The van der Waals surface area contributed by atoms with Crippen LogP contribution in [0.1, 0.15) is 25.7 Å². The van der Waals surface area contributed by atoms with Gasteiger partial charge in [0.1, 0.15) is 5.82 Å². The minimum absolute atomic E-state index is 0.0351. The number of rotatable bonds is 7. The lowest BCUT2D eigenvalue weighted by atomic mass is 10.2. The van der Waals surface area contributed by atoms with Crippen molar-refractivity contribution in [3.63, 3.8) is 0 Å². The zero-order valence-electron chi connectivity index (χ0n) is 12.4. The number of ether oxygens (including phenoxy) is 1. The Morgan fingerprint density at radius 3 is 2.76 bits per heavy atom. The van der Waals surface area contributed by atoms with Crippen molar-refractivity contribution < 1.29 is 9.53 Å². The second kappa shape index (κ2) is 8.59. The van der Waals surface area contributed by atoms with E-state index in [1.54, 1.807) is 6.20 Å². The van der Waals surface area contributed by atoms with E-state index in [9.17, 15) is 4.79 Å². The second-order valence-corrected chi connectivity index (χ2v) is 5.15. The Hall–Kier alpha value is -1.66. The van der Waals surface area contributed by atoms with Gasteiger partial charge >= 0.3 is 0 Å². The lowest BCUT2D eigenvalue weighted by Crippen LogP contribution is -2.36. The molecule has 2 rings (SSSR count). The van der Waals surface area contributed by atoms with Crippen molar-refractivity contribution in [2.75, 3.05) is 43.1 Å². The van der Waals surface area contributed by atoms with Gasteiger partial charge in [0.15, 0.2) is 0 Å². The Morgan fingerprint density at radius 2 is 2.10 bits per heavy atom. The number of nitrogens with two attached hydrogens (primary N) is 1. The molecule has 0 aliphatic carbocycles. The molecule has 1 aromatic heterocycles. The van der Waals surface area contributed by atoms with Crippen molar-refractivity contribution in [2.45, 2.75) is 25.7 Å². The van der Waals surface area contributed by atoms with Crippen LogP contribution in [0.5, 0.6) is 0 Å². The fourth-order valence-electron chi connectivity index (χ4n) is 2.27. The average molecular weight is 292 g/mol. The molecule has 0 radical (unpaired) electrons. The molecule has 0 atom stereocenters. The van der Waals surface area contributed by atoms with E-state index in [1.807, 2.05) is 12.1 Å². The number of unbranched alkanes of at least 4 members (excludes halogenated alkanes) is 2. The lowest BCUT2D eigenvalue weighted by molar-refractivity contribution is -0.116. The highest BCUT2D eigenvalue weighted by molar-refractivity contribution is 5.90. The van der Waals surface area contributed by atoms with E-state index in [-0.39, 0.29) is 5.91 Å². The molecule has 116 valence electrons. The van der Waals surface area contributed by atoms with Gasteiger partial charge in [0.05, 0.1) is 25.1 Å². The maximum absolute atomic E-state index is 11.8. The van der Waals surface area contributed by atoms with Gasteiger partial charge in [0.2, 0.25) is 5.91 Å². The molecule has 0 spiro atoms. The Morgan fingerprint density at radius 1 is 1.29 bits per heavy atom. The number of anilines is 2. The molecule has 1 fully saturated rings. The maximum Gasteiger partial charge on any atom is 0.224 e. The fraction of sp³-hybridized carbons (Fsp3) is 0.600. The van der Waals surface area contributed by atoms with Crippen LogP contribution in [-0.4, -0.2) is 43.7 Å². The van der Waals surface area contributed by atoms with E-state index >= 15 is 0 Å². The van der Waals surface area contributed by atoms with Gasteiger partial charge in [-0.3, -0.25) is 4.79 Å². The van der Waals surface area contributed by atoms with Gasteiger partial charge in [-0.1, -0.05) is 6.42 Å². The molecule has 6 nitrogen and oxygen atoms in total. The third-order valence-corrected chi connectivity index (χ3v) is 3.47. The number of nitrogens with one attached hydrogen (secondary N) is 1. The summed E-state index contributed by atoms with van der Waals surface area (Å²) in [6, 6.07) is 3.84. The van der Waals surface area contributed by atoms with Gasteiger partial charge in [0.25, 0.3) is 0 Å². The zero-order valence-corrected chi connectivity index (χ0v) is 12.4. The van der Waals surface area contributed by atoms with Crippen molar-refractivity contribution in [3.8, 4) is 0 Å². The fourth-order valence-corrected chi connectivity index (χ4v) is 2.27. The van der Waals surface area contributed by atoms with E-state index < -0.39 is 0 Å². The molecule has 1 amide bonds. The van der Waals surface area contributed by atoms with E-state index in [2.05, 4.69) is 15.2 Å². The summed E-state index contributed by atoms with van der Waals surface area (Å²) in [6.45, 7) is 3.89. The molecule has 2 heterocycles. The average Bonchev–Trinajstić information content (AvgIpc) is 2.53. The third kappa shape index (κ3) is 5.32. The van der Waals surface area contributed by atoms with Gasteiger partial charge in [-0.25, -0.2) is 4.98 Å². The van der Waals surface area contributed by atoms with Crippen molar-refractivity contribution in [3.05, 3.63) is 18.3 Å². The molecule has 1 aromatic rings. The normalized spacial score (nSPS) is 15.0. The van der Waals surface area contributed by atoms with E-state index in [0.29, 0.717) is 13.0 Å². The highest BCUT2D eigenvalue weighted by atomic mass is 16.5. The van der Waals surface area contributed by atoms with Crippen molar-refractivity contribution in [1.82, 2.24) is 4.98 Å². The number of carbonyl (C=O) groups excluding carboxylic acids is 1. The smallest absolute Gasteiger partial charge is 0.224 e. The molecule has 1 saturated heterocycles. The standard InChI is InChI=1S/C15H24N4O2/c16-7-3-1-2-4-15(20)18-13-5-6-14(17-12-13)19-8-10-21-11-9-19/h5-6,12H,1-4,7-11,16H2,(H,18,20). The summed E-state index contributed by atoms with van der Waals surface area (Å²) in [5.74, 6) is 0.965. The summed E-state index contributed by atoms with van der Waals surface area (Å²) in [4.78, 5) is 18.4. The lowest BCUT2D eigenvalue weighted by Gasteiger charge is -2.27. The molecular formula is C15H24N4O2. The largest absolute Gasteiger partial charge is 0.378 e. The minimum atomic E-state index is 0.0351. The molecule has 0 aromatic carbocycles. The summed E-state index contributed by atoms with van der Waals surface area (Å²) in [7, 11) is 0. The number of amides is 1. The van der Waals surface area contributed by atoms with Crippen LogP contribution in [0.2, 0.25) is 0 Å². The SMILES string of the molecule is NCCCCCC(=O)Nc1ccc(N2CCOCC2)nc1. The Kier molecular flexibility index (Phi) is 6.43. The Bertz CT molecular complexity index is 430. The summed E-state index contributed by atoms with van der Waals surface area (Å²) >= 11 is 0. The van der Waals surface area contributed by atoms with E-state index in [0.717, 1.165) is 57.1 Å². The summed E-state index contributed by atoms with van der Waals surface area (Å²) < 4.78 is 5.32. The molecule has 0 saturated carbocycles. The van der Waals surface area contributed by atoms with Crippen LogP contribution in [0.3, 0.4) is 0 Å². The number of morpholine rings is 1. The van der Waals surface area contributed by atoms with Crippen LogP contribution in [-0.2, 0) is 9.53 Å². The predicted molar refractivity (Wildman–Crippen MR) is 83.4 cm³/mol. The second-order valence-electron chi connectivity index (χ2n) is 5.15. The first-order chi connectivity index (χ1) is 10.3. The highest BCUT2D eigenvalue weighted by Gasteiger charge is 2.12. The van der Waals surface area contributed by atoms with E-state index in [4.69, 9.17) is 10.5 Å². The van der Waals surface area contributed by atoms with Crippen LogP contribution in [0.15, 0.2) is 18.3 Å². The van der Waals surface area contributed by atoms with Gasteiger partial charge in [-0.2, -0.15) is 0 Å². The zero-order chi connectivity index (χ0) is 14.9. The number of carbonyl (C=O) groups is 1. The molecule has 0 unspecified atom stereocenters. The molecule has 0 bridgehead atoms. The van der Waals surface area contributed by atoms with Crippen LogP contribution in [0.4, 0.5) is 11.5 Å². The number of hydrogen-bond donors (Lipinski definition) is 2. The van der Waals surface area contributed by atoms with Crippen molar-refractivity contribution >= 4 is 17.4 Å². The molecule has 21 heavy (non-hydrogen) atoms. The first-order valence-corrected chi connectivity index (χ1v) is 7.58. The van der Waals surface area contributed by atoms with Crippen LogP contribution in [0.25, 0.3) is 0 Å². The van der Waals surface area contributed by atoms with Gasteiger partial charge in [0, 0.05) is 19.5 Å². The number of nitrogens with zero attached hydrogens (tertiary/aromatic N) is 2. The Labute approximate surface area is 125 Å². The molecule has 1 aliphatic rings. The highest BCUT2D eigenvalue weighted by Crippen LogP contribution is 2.15. The van der Waals surface area contributed by atoms with Crippen molar-refractivity contribution in [2.24, 2.45) is 5.73 Å². The first-order valence-electron chi connectivity index (χ1n) is 7.58. The predicted octanol–water partition coefficient (Wildman–Crippen LogP) is 1.38. The van der Waals surface area contributed by atoms with Gasteiger partial charge in [-0.05, 0) is 31.5 Å². The minimum Gasteiger partial charge on any atom is -0.378 e. The van der Waals surface area contributed by atoms with Crippen molar-refractivity contribution in [1.29, 1.82) is 0 Å². The topological polar surface area (TPSA) is 80.5 Å². The quantitative estimate of drug-likeness (QED) is 0.742. The number of hydrogen-bond acceptors (Lipinski definition) is 5. The first kappa shape index (κ1) is 15.7. The van der Waals surface area contributed by atoms with Crippen LogP contribution >= 0.6 is 0 Å². The summed E-state index contributed by atoms with van der Waals surface area (Å²) in [5, 5.41) is 2.87. The van der Waals surface area contributed by atoms with Crippen LogP contribution in [0, 0.1) is 0 Å². The monoisotopic (exact) mass is 292 g/mol. The number of aromatic nitrogens is 1. The van der Waals surface area contributed by atoms with Crippen LogP contribution < -0.4 is 16.0 Å². The molecule has 6 heteroatoms. The maximum atomic E-state index is 11.8. The number of pyridine rings is 1. The van der Waals surface area contributed by atoms with E-state index in [1.165, 1.54) is 0 Å². The summed E-state index contributed by atoms with van der Waals surface area (Å²) in [6.07, 6.45) is 5.09.